The van der Waals surface area contributed by atoms with Gasteiger partial charge in [-0.3, -0.25) is 9.89 Å². The molecule has 8 nitrogen and oxygen atoms in total. The van der Waals surface area contributed by atoms with Crippen LogP contribution in [0.3, 0.4) is 0 Å². The number of fused-ring (bicyclic) bond motifs is 1. The molecule has 0 fully saturated rings. The Balaban J connectivity index is 1.55. The lowest BCUT2D eigenvalue weighted by atomic mass is 10.2. The second-order valence-corrected chi connectivity index (χ2v) is 5.92. The van der Waals surface area contributed by atoms with Gasteiger partial charge in [0.15, 0.2) is 0 Å². The number of hydrogen-bond acceptors (Lipinski definition) is 5. The average molecular weight is 384 g/mol. The van der Waals surface area contributed by atoms with Gasteiger partial charge in [0.1, 0.15) is 0 Å². The van der Waals surface area contributed by atoms with Gasteiger partial charge in [-0.1, -0.05) is 15.9 Å². The van der Waals surface area contributed by atoms with E-state index in [9.17, 15) is 4.79 Å². The highest BCUT2D eigenvalue weighted by Gasteiger charge is 2.14. The van der Waals surface area contributed by atoms with E-state index in [-0.39, 0.29) is 5.82 Å². The molecule has 0 aliphatic heterocycles. The first-order valence-corrected chi connectivity index (χ1v) is 7.79. The molecule has 24 heavy (non-hydrogen) atoms. The molecule has 2 aromatic carbocycles. The molecule has 0 atom stereocenters. The highest BCUT2D eigenvalue weighted by molar-refractivity contribution is 9.10. The Hall–Kier alpha value is -3.07. The second kappa shape index (κ2) is 5.85. The Labute approximate surface area is 144 Å². The number of anilines is 1. The van der Waals surface area contributed by atoms with Crippen LogP contribution in [-0.4, -0.2) is 36.3 Å². The van der Waals surface area contributed by atoms with Crippen molar-refractivity contribution in [3.8, 4) is 5.69 Å². The number of halogens is 1. The Morgan fingerprint density at radius 2 is 2.00 bits per heavy atom. The zero-order valence-corrected chi connectivity index (χ0v) is 13.7. The van der Waals surface area contributed by atoms with Crippen LogP contribution in [0, 0.1) is 0 Å². The molecule has 0 radical (unpaired) electrons. The SMILES string of the molecule is O=C(Nc1ccc2cn[nH]c2c1)c1nnn(-c2ccc(Br)cc2)n1. The summed E-state index contributed by atoms with van der Waals surface area (Å²) >= 11 is 3.36. The fourth-order valence-corrected chi connectivity index (χ4v) is 2.46. The number of carbonyl (C=O) groups excluding carboxylic acids is 1. The molecular weight excluding hydrogens is 374 g/mol. The van der Waals surface area contributed by atoms with Crippen molar-refractivity contribution < 1.29 is 4.79 Å². The molecule has 9 heteroatoms. The van der Waals surface area contributed by atoms with E-state index in [1.165, 1.54) is 4.80 Å². The molecule has 2 N–H and O–H groups in total. The third-order valence-electron chi connectivity index (χ3n) is 3.37. The number of tetrazole rings is 1. The normalized spacial score (nSPS) is 10.9. The second-order valence-electron chi connectivity index (χ2n) is 5.01. The Morgan fingerprint density at radius 3 is 2.83 bits per heavy atom. The zero-order chi connectivity index (χ0) is 16.5. The minimum atomic E-state index is -0.433. The van der Waals surface area contributed by atoms with E-state index in [0.717, 1.165) is 15.4 Å². The van der Waals surface area contributed by atoms with Gasteiger partial charge in [-0.15, -0.1) is 15.0 Å². The molecule has 0 saturated heterocycles. The molecule has 0 aliphatic carbocycles. The van der Waals surface area contributed by atoms with Crippen molar-refractivity contribution in [1.29, 1.82) is 0 Å². The van der Waals surface area contributed by atoms with Gasteiger partial charge in [-0.2, -0.15) is 5.10 Å². The van der Waals surface area contributed by atoms with Crippen LogP contribution in [0.4, 0.5) is 5.69 Å². The molecule has 1 amide bonds. The van der Waals surface area contributed by atoms with Crippen LogP contribution in [-0.2, 0) is 0 Å². The Kier molecular flexibility index (Phi) is 3.54. The van der Waals surface area contributed by atoms with Crippen LogP contribution in [0.25, 0.3) is 16.6 Å². The molecule has 0 spiro atoms. The first kappa shape index (κ1) is 14.5. The van der Waals surface area contributed by atoms with E-state index in [4.69, 9.17) is 0 Å². The Morgan fingerprint density at radius 1 is 1.17 bits per heavy atom. The molecule has 0 bridgehead atoms. The van der Waals surface area contributed by atoms with E-state index in [1.807, 2.05) is 30.3 Å². The van der Waals surface area contributed by atoms with Crippen LogP contribution < -0.4 is 5.32 Å². The lowest BCUT2D eigenvalue weighted by Crippen LogP contribution is -2.14. The van der Waals surface area contributed by atoms with Crippen molar-refractivity contribution in [2.45, 2.75) is 0 Å². The number of benzene rings is 2. The molecule has 4 aromatic rings. The number of nitrogens with one attached hydrogen (secondary N) is 2. The van der Waals surface area contributed by atoms with Gasteiger partial charge in [0, 0.05) is 15.5 Å². The van der Waals surface area contributed by atoms with Crippen molar-refractivity contribution in [3.63, 3.8) is 0 Å². The molecule has 0 aliphatic rings. The maximum absolute atomic E-state index is 12.3. The fourth-order valence-electron chi connectivity index (χ4n) is 2.19. The predicted octanol–water partition coefficient (Wildman–Crippen LogP) is 2.55. The van der Waals surface area contributed by atoms with Crippen LogP contribution in [0.1, 0.15) is 10.6 Å². The van der Waals surface area contributed by atoms with Gasteiger partial charge >= 0.3 is 0 Å². The number of aromatic amines is 1. The summed E-state index contributed by atoms with van der Waals surface area (Å²) < 4.78 is 0.943. The molecule has 4 rings (SSSR count). The number of amides is 1. The van der Waals surface area contributed by atoms with Gasteiger partial charge in [-0.25, -0.2) is 0 Å². The minimum absolute atomic E-state index is 0.0115. The maximum Gasteiger partial charge on any atom is 0.297 e. The van der Waals surface area contributed by atoms with Gasteiger partial charge in [0.2, 0.25) is 0 Å². The van der Waals surface area contributed by atoms with Crippen molar-refractivity contribution in [1.82, 2.24) is 30.4 Å². The van der Waals surface area contributed by atoms with E-state index in [1.54, 1.807) is 18.3 Å². The number of hydrogen-bond donors (Lipinski definition) is 2. The predicted molar refractivity (Wildman–Crippen MR) is 90.9 cm³/mol. The summed E-state index contributed by atoms with van der Waals surface area (Å²) in [6.07, 6.45) is 1.71. The number of rotatable bonds is 3. The summed E-state index contributed by atoms with van der Waals surface area (Å²) in [6, 6.07) is 12.8. The van der Waals surface area contributed by atoms with Crippen LogP contribution >= 0.6 is 15.9 Å². The van der Waals surface area contributed by atoms with Crippen molar-refractivity contribution in [3.05, 3.63) is 59.0 Å². The third kappa shape index (κ3) is 2.76. The molecule has 0 saturated carbocycles. The molecule has 2 aromatic heterocycles. The van der Waals surface area contributed by atoms with Crippen molar-refractivity contribution >= 4 is 38.4 Å². The highest BCUT2D eigenvalue weighted by atomic mass is 79.9. The summed E-state index contributed by atoms with van der Waals surface area (Å²) in [5.41, 5.74) is 2.17. The summed E-state index contributed by atoms with van der Waals surface area (Å²) in [6.45, 7) is 0. The molecule has 0 unspecified atom stereocenters. The summed E-state index contributed by atoms with van der Waals surface area (Å²) in [5, 5.41) is 22.3. The van der Waals surface area contributed by atoms with E-state index in [2.05, 4.69) is 46.9 Å². The largest absolute Gasteiger partial charge is 0.319 e. The summed E-state index contributed by atoms with van der Waals surface area (Å²) in [4.78, 5) is 13.6. The van der Waals surface area contributed by atoms with Gasteiger partial charge in [0.05, 0.1) is 17.4 Å². The number of carbonyl (C=O) groups is 1. The van der Waals surface area contributed by atoms with Crippen LogP contribution in [0.15, 0.2) is 53.1 Å². The van der Waals surface area contributed by atoms with Crippen LogP contribution in [0.2, 0.25) is 0 Å². The standard InChI is InChI=1S/C15H10BrN7O/c16-10-2-5-12(6-3-10)23-21-14(20-22-23)15(24)18-11-4-1-9-8-17-19-13(9)7-11/h1-8H,(H,17,19)(H,18,24). The smallest absolute Gasteiger partial charge is 0.297 e. The Bertz CT molecular complexity index is 1020. The first-order chi connectivity index (χ1) is 11.7. The van der Waals surface area contributed by atoms with Crippen LogP contribution in [0.5, 0.6) is 0 Å². The number of nitrogens with zero attached hydrogens (tertiary/aromatic N) is 5. The monoisotopic (exact) mass is 383 g/mol. The van der Waals surface area contributed by atoms with E-state index < -0.39 is 5.91 Å². The van der Waals surface area contributed by atoms with Crippen molar-refractivity contribution in [2.24, 2.45) is 0 Å². The van der Waals surface area contributed by atoms with E-state index in [0.29, 0.717) is 11.4 Å². The molecule has 2 heterocycles. The van der Waals surface area contributed by atoms with E-state index >= 15 is 0 Å². The number of aromatic nitrogens is 6. The third-order valence-corrected chi connectivity index (χ3v) is 3.90. The highest BCUT2D eigenvalue weighted by Crippen LogP contribution is 2.17. The lowest BCUT2D eigenvalue weighted by molar-refractivity contribution is 0.101. The first-order valence-electron chi connectivity index (χ1n) is 6.99. The quantitative estimate of drug-likeness (QED) is 0.565. The van der Waals surface area contributed by atoms with Gasteiger partial charge < -0.3 is 5.32 Å². The topological polar surface area (TPSA) is 101 Å². The number of H-pyrrole nitrogens is 1. The zero-order valence-electron chi connectivity index (χ0n) is 12.1. The lowest BCUT2D eigenvalue weighted by Gasteiger charge is -2.02. The van der Waals surface area contributed by atoms with Crippen molar-refractivity contribution in [2.75, 3.05) is 5.32 Å². The average Bonchev–Trinajstić information content (AvgIpc) is 3.24. The summed E-state index contributed by atoms with van der Waals surface area (Å²) in [5.74, 6) is -0.445. The fraction of sp³-hybridized carbons (Fsp3) is 0. The maximum atomic E-state index is 12.3. The van der Waals surface area contributed by atoms with Gasteiger partial charge in [-0.05, 0) is 47.7 Å². The summed E-state index contributed by atoms with van der Waals surface area (Å²) in [7, 11) is 0. The van der Waals surface area contributed by atoms with Gasteiger partial charge in [0.25, 0.3) is 11.7 Å². The minimum Gasteiger partial charge on any atom is -0.319 e. The molecule has 118 valence electrons. The molecular formula is C15H10BrN7O.